The van der Waals surface area contributed by atoms with Crippen LogP contribution < -0.4 is 4.57 Å². The summed E-state index contributed by atoms with van der Waals surface area (Å²) in [5.74, 6) is 0.814. The van der Waals surface area contributed by atoms with Crippen molar-refractivity contribution < 1.29 is 9.30 Å². The number of aliphatic imine (C=N–C) groups is 1. The smallest absolute Gasteiger partial charge is 0.287 e. The van der Waals surface area contributed by atoms with E-state index in [0.29, 0.717) is 11.6 Å². The first-order valence-electron chi connectivity index (χ1n) is 8.94. The van der Waals surface area contributed by atoms with E-state index in [1.165, 1.54) is 0 Å². The molecule has 0 N–H and O–H groups in total. The van der Waals surface area contributed by atoms with E-state index in [0.717, 1.165) is 40.6 Å². The van der Waals surface area contributed by atoms with Crippen LogP contribution in [0.15, 0.2) is 90.3 Å². The van der Waals surface area contributed by atoms with Crippen LogP contribution in [0.1, 0.15) is 25.5 Å². The molecule has 1 aromatic heterocycles. The number of allylic oxidation sites excluding steroid dienone is 6. The highest BCUT2D eigenvalue weighted by Gasteiger charge is 2.22. The number of ether oxygens (including phenoxy) is 1. The molecule has 136 valence electrons. The van der Waals surface area contributed by atoms with Gasteiger partial charge in [0.2, 0.25) is 5.88 Å². The molecule has 4 nitrogen and oxygen atoms in total. The summed E-state index contributed by atoms with van der Waals surface area (Å²) in [4.78, 5) is 8.74. The van der Waals surface area contributed by atoms with Crippen LogP contribution in [0.4, 0.5) is 0 Å². The quantitative estimate of drug-likeness (QED) is 0.686. The molecule has 0 saturated heterocycles. The highest BCUT2D eigenvalue weighted by molar-refractivity contribution is 5.93. The molecule has 0 unspecified atom stereocenters. The van der Waals surface area contributed by atoms with Gasteiger partial charge in [0.15, 0.2) is 5.52 Å². The van der Waals surface area contributed by atoms with E-state index in [-0.39, 0.29) is 0 Å². The van der Waals surface area contributed by atoms with Gasteiger partial charge in [-0.25, -0.2) is 9.56 Å². The van der Waals surface area contributed by atoms with Crippen molar-refractivity contribution in [3.05, 3.63) is 91.0 Å². The third kappa shape index (κ3) is 4.29. The van der Waals surface area contributed by atoms with Crippen LogP contribution in [-0.2, 0) is 11.8 Å². The monoisotopic (exact) mass is 358 g/mol. The fourth-order valence-electron chi connectivity index (χ4n) is 3.07. The Balaban J connectivity index is 2.20. The summed E-state index contributed by atoms with van der Waals surface area (Å²) in [5, 5.41) is 1.04. The first-order chi connectivity index (χ1) is 13.1. The summed E-state index contributed by atoms with van der Waals surface area (Å²) in [6.07, 6.45) is 13.7. The van der Waals surface area contributed by atoms with Gasteiger partial charge in [-0.05, 0) is 55.1 Å². The van der Waals surface area contributed by atoms with E-state index in [1.54, 1.807) is 6.21 Å². The highest BCUT2D eigenvalue weighted by atomic mass is 16.5. The zero-order valence-electron chi connectivity index (χ0n) is 15.9. The Morgan fingerprint density at radius 1 is 1.11 bits per heavy atom. The topological polar surface area (TPSA) is 38.4 Å². The normalized spacial score (nSPS) is 22.3. The Morgan fingerprint density at radius 3 is 2.74 bits per heavy atom. The molecule has 1 aliphatic heterocycles. The van der Waals surface area contributed by atoms with E-state index in [1.807, 2.05) is 42.2 Å². The van der Waals surface area contributed by atoms with Gasteiger partial charge in [0, 0.05) is 6.21 Å². The van der Waals surface area contributed by atoms with Gasteiger partial charge in [-0.2, -0.15) is 0 Å². The van der Waals surface area contributed by atoms with E-state index >= 15 is 0 Å². The third-order valence-electron chi connectivity index (χ3n) is 4.34. The lowest BCUT2D eigenvalue weighted by Gasteiger charge is -2.15. The van der Waals surface area contributed by atoms with Crippen molar-refractivity contribution in [3.8, 4) is 0 Å². The molecule has 1 aromatic carbocycles. The fraction of sp³-hybridized carbons (Fsp3) is 0.174. The second-order valence-electron chi connectivity index (χ2n) is 6.38. The zero-order valence-corrected chi connectivity index (χ0v) is 15.9. The number of benzene rings is 1. The highest BCUT2D eigenvalue weighted by Crippen LogP contribution is 2.30. The van der Waals surface area contributed by atoms with Gasteiger partial charge in [-0.1, -0.05) is 36.9 Å². The minimum absolute atomic E-state index is 0.305. The number of hydrogen-bond acceptors (Lipinski definition) is 3. The molecule has 0 spiro atoms. The predicted octanol–water partition coefficient (Wildman–Crippen LogP) is 4.81. The van der Waals surface area contributed by atoms with Crippen LogP contribution in [-0.4, -0.2) is 11.2 Å². The number of para-hydroxylation sites is 1. The summed E-state index contributed by atoms with van der Waals surface area (Å²) in [5.41, 5.74) is 3.90. The summed E-state index contributed by atoms with van der Waals surface area (Å²) in [6, 6.07) is 8.06. The Hall–Kier alpha value is -3.27. The van der Waals surface area contributed by atoms with E-state index in [4.69, 9.17) is 4.74 Å². The molecule has 0 bridgehead atoms. The predicted molar refractivity (Wildman–Crippen MR) is 111 cm³/mol. The van der Waals surface area contributed by atoms with Crippen molar-refractivity contribution in [2.24, 2.45) is 12.0 Å². The lowest BCUT2D eigenvalue weighted by atomic mass is 9.99. The standard InChI is InChI=1S/C23H24N3O/c1-17-12-8-6-5-7-11-15-24-19(3)27-18(2)22(17)23-20-13-9-10-14-21(20)25-16-26(23)4/h7-16H,2-3,5-6H2,1,4H3/q+1/b11-7-,12-8-,22-17+,24-15-. The number of aromatic nitrogens is 2. The molecule has 0 aliphatic carbocycles. The maximum absolute atomic E-state index is 5.86. The van der Waals surface area contributed by atoms with Gasteiger partial charge in [0.1, 0.15) is 11.5 Å². The molecule has 3 rings (SSSR count). The molecule has 0 atom stereocenters. The van der Waals surface area contributed by atoms with Crippen LogP contribution in [0.5, 0.6) is 0 Å². The van der Waals surface area contributed by atoms with E-state index in [9.17, 15) is 0 Å². The van der Waals surface area contributed by atoms with E-state index in [2.05, 4.69) is 54.4 Å². The third-order valence-corrected chi connectivity index (χ3v) is 4.34. The SMILES string of the molecule is C=C1/N=C\C=C/CC/C=C\C(C)=C(\c2c3ccccc3nc[n+]2C)C(=C)O1. The lowest BCUT2D eigenvalue weighted by molar-refractivity contribution is -0.675. The van der Waals surface area contributed by atoms with Crippen molar-refractivity contribution >= 4 is 22.7 Å². The summed E-state index contributed by atoms with van der Waals surface area (Å²) in [7, 11) is 1.98. The van der Waals surface area contributed by atoms with Crippen LogP contribution in [0, 0.1) is 0 Å². The minimum Gasteiger partial charge on any atom is -0.440 e. The Labute approximate surface area is 160 Å². The molecular formula is C23H24N3O+. The first-order valence-corrected chi connectivity index (χ1v) is 8.94. The van der Waals surface area contributed by atoms with Crippen LogP contribution >= 0.6 is 0 Å². The maximum atomic E-state index is 5.86. The molecule has 27 heavy (non-hydrogen) atoms. The lowest BCUT2D eigenvalue weighted by Crippen LogP contribution is -2.34. The van der Waals surface area contributed by atoms with Crippen molar-refractivity contribution in [1.82, 2.24) is 4.98 Å². The van der Waals surface area contributed by atoms with Crippen LogP contribution in [0.3, 0.4) is 0 Å². The van der Waals surface area contributed by atoms with Crippen molar-refractivity contribution in [1.29, 1.82) is 0 Å². The van der Waals surface area contributed by atoms with Crippen LogP contribution in [0.2, 0.25) is 0 Å². The summed E-state index contributed by atoms with van der Waals surface area (Å²) >= 11 is 0. The Kier molecular flexibility index (Phi) is 5.77. The van der Waals surface area contributed by atoms with Crippen molar-refractivity contribution in [2.75, 3.05) is 0 Å². The second kappa shape index (κ2) is 8.41. The van der Waals surface area contributed by atoms with Gasteiger partial charge < -0.3 is 4.74 Å². The number of nitrogens with zero attached hydrogens (tertiary/aromatic N) is 3. The Bertz CT molecular complexity index is 1010. The first kappa shape index (κ1) is 18.5. The second-order valence-corrected chi connectivity index (χ2v) is 6.38. The average molecular weight is 358 g/mol. The van der Waals surface area contributed by atoms with Gasteiger partial charge in [0.25, 0.3) is 6.33 Å². The molecular weight excluding hydrogens is 334 g/mol. The minimum atomic E-state index is 0.305. The summed E-state index contributed by atoms with van der Waals surface area (Å²) in [6.45, 7) is 10.1. The van der Waals surface area contributed by atoms with Crippen molar-refractivity contribution in [3.63, 3.8) is 0 Å². The fourth-order valence-corrected chi connectivity index (χ4v) is 3.07. The van der Waals surface area contributed by atoms with Gasteiger partial charge >= 0.3 is 0 Å². The molecule has 1 aliphatic rings. The van der Waals surface area contributed by atoms with E-state index < -0.39 is 0 Å². The van der Waals surface area contributed by atoms with Gasteiger partial charge in [0.05, 0.1) is 18.0 Å². The molecule has 2 aromatic rings. The number of rotatable bonds is 1. The zero-order chi connectivity index (χ0) is 19.2. The number of hydrogen-bond donors (Lipinski definition) is 0. The Morgan fingerprint density at radius 2 is 1.89 bits per heavy atom. The molecule has 2 heterocycles. The molecule has 0 radical (unpaired) electrons. The van der Waals surface area contributed by atoms with Crippen LogP contribution in [0.25, 0.3) is 16.5 Å². The number of aryl methyl sites for hydroxylation is 1. The van der Waals surface area contributed by atoms with Gasteiger partial charge in [-0.3, -0.25) is 0 Å². The molecule has 0 saturated carbocycles. The maximum Gasteiger partial charge on any atom is 0.287 e. The molecule has 0 amide bonds. The molecule has 0 fully saturated rings. The van der Waals surface area contributed by atoms with Gasteiger partial charge in [-0.15, -0.1) is 0 Å². The average Bonchev–Trinajstić information content (AvgIpc) is 2.66. The number of fused-ring (bicyclic) bond motifs is 1. The molecule has 4 heteroatoms. The summed E-state index contributed by atoms with van der Waals surface area (Å²) < 4.78 is 7.85. The largest absolute Gasteiger partial charge is 0.440 e. The van der Waals surface area contributed by atoms with Crippen molar-refractivity contribution in [2.45, 2.75) is 19.8 Å².